The van der Waals surface area contributed by atoms with Crippen LogP contribution in [0.1, 0.15) is 16.7 Å². The van der Waals surface area contributed by atoms with Gasteiger partial charge in [-0.05, 0) is 55.3 Å². The Bertz CT molecular complexity index is 1170. The fourth-order valence-corrected chi connectivity index (χ4v) is 3.43. The van der Waals surface area contributed by atoms with Crippen LogP contribution in [-0.2, 0) is 4.79 Å². The van der Waals surface area contributed by atoms with E-state index >= 15 is 0 Å². The molecule has 5 nitrogen and oxygen atoms in total. The third-order valence-corrected chi connectivity index (χ3v) is 4.71. The van der Waals surface area contributed by atoms with Crippen molar-refractivity contribution in [2.75, 3.05) is 13.2 Å². The van der Waals surface area contributed by atoms with E-state index in [0.29, 0.717) is 5.75 Å². The smallest absolute Gasteiger partial charge is 0.191 e. The zero-order valence-corrected chi connectivity index (χ0v) is 16.4. The van der Waals surface area contributed by atoms with E-state index in [1.54, 1.807) is 12.5 Å². The highest BCUT2D eigenvalue weighted by molar-refractivity contribution is 5.99. The maximum atomic E-state index is 12.3. The number of ketones is 1. The van der Waals surface area contributed by atoms with Crippen LogP contribution in [0.4, 0.5) is 0 Å². The predicted molar refractivity (Wildman–Crippen MR) is 115 cm³/mol. The van der Waals surface area contributed by atoms with E-state index in [4.69, 9.17) is 9.15 Å². The van der Waals surface area contributed by atoms with Crippen molar-refractivity contribution in [2.45, 2.75) is 13.8 Å². The van der Waals surface area contributed by atoms with E-state index in [1.807, 2.05) is 68.6 Å². The van der Waals surface area contributed by atoms with E-state index in [-0.39, 0.29) is 18.9 Å². The highest BCUT2D eigenvalue weighted by Crippen LogP contribution is 2.34. The fraction of sp³-hybridized carbons (Fsp3) is 0.167. The summed E-state index contributed by atoms with van der Waals surface area (Å²) in [6.07, 6.45) is 5.25. The third kappa shape index (κ3) is 4.14. The van der Waals surface area contributed by atoms with Crippen molar-refractivity contribution in [3.8, 4) is 17.1 Å². The van der Waals surface area contributed by atoms with Crippen molar-refractivity contribution in [2.24, 2.45) is 4.99 Å². The number of carbonyl (C=O) groups excluding carboxylic acids is 1. The number of benzene rings is 2. The minimum absolute atomic E-state index is 0.0384. The first-order chi connectivity index (χ1) is 14.1. The summed E-state index contributed by atoms with van der Waals surface area (Å²) in [6.45, 7) is 4.02. The second-order valence-electron chi connectivity index (χ2n) is 7.02. The average Bonchev–Trinajstić information content (AvgIpc) is 3.39. The summed E-state index contributed by atoms with van der Waals surface area (Å²) in [5.41, 5.74) is 4.95. The lowest BCUT2D eigenvalue weighted by atomic mass is 10.0. The molecule has 29 heavy (non-hydrogen) atoms. The lowest BCUT2D eigenvalue weighted by molar-refractivity contribution is -0.119. The molecular formula is C24H22N2O3. The molecule has 5 heteroatoms. The molecule has 0 saturated heterocycles. The molecule has 0 radical (unpaired) electrons. The van der Waals surface area contributed by atoms with E-state index < -0.39 is 0 Å². The number of aliphatic imine (C=N–C) groups is 1. The largest absolute Gasteiger partial charge is 0.485 e. The molecular weight excluding hydrogens is 364 g/mol. The van der Waals surface area contributed by atoms with Gasteiger partial charge >= 0.3 is 0 Å². The van der Waals surface area contributed by atoms with Gasteiger partial charge in [-0.25, -0.2) is 0 Å². The minimum Gasteiger partial charge on any atom is -0.485 e. The van der Waals surface area contributed by atoms with E-state index in [0.717, 1.165) is 38.9 Å². The first-order valence-corrected chi connectivity index (χ1v) is 9.47. The van der Waals surface area contributed by atoms with Gasteiger partial charge in [0, 0.05) is 28.9 Å². The fourth-order valence-electron chi connectivity index (χ4n) is 3.43. The van der Waals surface area contributed by atoms with Gasteiger partial charge in [-0.1, -0.05) is 18.2 Å². The molecule has 0 bridgehead atoms. The number of hydrogen-bond acceptors (Lipinski definition) is 4. The standard InChI is InChI=1S/C24H22N2O3/c1-16-11-17(2)24(21(12-16)23-7-4-10-28-23)29-15-19(27)14-25-13-18-5-3-6-22-20(18)8-9-26-22/h3-13,26H,14-15H2,1-2H3. The number of aromatic amines is 1. The van der Waals surface area contributed by atoms with E-state index in [2.05, 4.69) is 9.98 Å². The molecule has 1 N–H and O–H groups in total. The Balaban J connectivity index is 1.43. The highest BCUT2D eigenvalue weighted by Gasteiger charge is 2.14. The Morgan fingerprint density at radius 1 is 1.17 bits per heavy atom. The summed E-state index contributed by atoms with van der Waals surface area (Å²) in [6, 6.07) is 15.7. The number of nitrogens with one attached hydrogen (secondary N) is 1. The Labute approximate surface area is 169 Å². The molecule has 4 aromatic rings. The van der Waals surface area contributed by atoms with Crippen LogP contribution in [0.5, 0.6) is 5.75 Å². The van der Waals surface area contributed by atoms with Crippen molar-refractivity contribution in [1.29, 1.82) is 0 Å². The summed E-state index contributed by atoms with van der Waals surface area (Å²) in [7, 11) is 0. The summed E-state index contributed by atoms with van der Waals surface area (Å²) in [5.74, 6) is 1.30. The molecule has 2 aromatic carbocycles. The normalized spacial score (nSPS) is 11.4. The van der Waals surface area contributed by atoms with Gasteiger partial charge in [0.25, 0.3) is 0 Å². The van der Waals surface area contributed by atoms with Crippen molar-refractivity contribution in [3.63, 3.8) is 0 Å². The zero-order chi connectivity index (χ0) is 20.2. The Morgan fingerprint density at radius 2 is 2.07 bits per heavy atom. The molecule has 0 atom stereocenters. The Kier molecular flexibility index (Phi) is 5.29. The van der Waals surface area contributed by atoms with Crippen LogP contribution >= 0.6 is 0 Å². The van der Waals surface area contributed by atoms with E-state index in [1.165, 1.54) is 0 Å². The van der Waals surface area contributed by atoms with Gasteiger partial charge in [0.1, 0.15) is 24.7 Å². The molecule has 0 unspecified atom stereocenters. The van der Waals surface area contributed by atoms with Crippen molar-refractivity contribution in [3.05, 3.63) is 77.7 Å². The monoisotopic (exact) mass is 386 g/mol. The molecule has 146 valence electrons. The third-order valence-electron chi connectivity index (χ3n) is 4.71. The topological polar surface area (TPSA) is 67.6 Å². The SMILES string of the molecule is Cc1cc(C)c(OCC(=O)CN=Cc2cccc3[nH]ccc23)c(-c2ccco2)c1. The number of fused-ring (bicyclic) bond motifs is 1. The summed E-state index contributed by atoms with van der Waals surface area (Å²) >= 11 is 0. The molecule has 0 spiro atoms. The van der Waals surface area contributed by atoms with Gasteiger partial charge in [-0.3, -0.25) is 9.79 Å². The summed E-state index contributed by atoms with van der Waals surface area (Å²) in [4.78, 5) is 19.8. The van der Waals surface area contributed by atoms with Gasteiger partial charge in [-0.2, -0.15) is 0 Å². The van der Waals surface area contributed by atoms with Crippen LogP contribution in [0.25, 0.3) is 22.2 Å². The van der Waals surface area contributed by atoms with Crippen LogP contribution in [0.3, 0.4) is 0 Å². The lowest BCUT2D eigenvalue weighted by Gasteiger charge is -2.13. The van der Waals surface area contributed by atoms with Crippen molar-refractivity contribution < 1.29 is 13.9 Å². The maximum absolute atomic E-state index is 12.3. The zero-order valence-electron chi connectivity index (χ0n) is 16.4. The molecule has 0 fully saturated rings. The number of H-pyrrole nitrogens is 1. The number of furan rings is 1. The highest BCUT2D eigenvalue weighted by atomic mass is 16.5. The predicted octanol–water partition coefficient (Wildman–Crippen LogP) is 5.11. The van der Waals surface area contributed by atoms with Crippen molar-refractivity contribution >= 4 is 22.9 Å². The quantitative estimate of drug-likeness (QED) is 0.449. The van der Waals surface area contributed by atoms with E-state index in [9.17, 15) is 4.79 Å². The molecule has 0 aliphatic carbocycles. The second-order valence-corrected chi connectivity index (χ2v) is 7.02. The van der Waals surface area contributed by atoms with Gasteiger partial charge in [0.05, 0.1) is 11.8 Å². The number of rotatable bonds is 7. The molecule has 0 aliphatic heterocycles. The first kappa shape index (κ1) is 18.7. The van der Waals surface area contributed by atoms with Crippen LogP contribution in [-0.4, -0.2) is 30.1 Å². The number of aryl methyl sites for hydroxylation is 2. The van der Waals surface area contributed by atoms with Crippen LogP contribution < -0.4 is 4.74 Å². The Morgan fingerprint density at radius 3 is 2.90 bits per heavy atom. The van der Waals surface area contributed by atoms with Crippen LogP contribution in [0.15, 0.2) is 70.4 Å². The van der Waals surface area contributed by atoms with Crippen LogP contribution in [0.2, 0.25) is 0 Å². The number of hydrogen-bond donors (Lipinski definition) is 1. The van der Waals surface area contributed by atoms with Crippen LogP contribution in [0, 0.1) is 13.8 Å². The molecule has 2 aromatic heterocycles. The van der Waals surface area contributed by atoms with Gasteiger partial charge in [0.15, 0.2) is 5.78 Å². The van der Waals surface area contributed by atoms with Gasteiger partial charge < -0.3 is 14.1 Å². The van der Waals surface area contributed by atoms with Crippen molar-refractivity contribution in [1.82, 2.24) is 4.98 Å². The number of Topliss-reactive ketones (excluding diaryl/α,β-unsaturated/α-hetero) is 1. The molecule has 2 heterocycles. The summed E-state index contributed by atoms with van der Waals surface area (Å²) in [5, 5.41) is 1.08. The van der Waals surface area contributed by atoms with Gasteiger partial charge in [-0.15, -0.1) is 0 Å². The molecule has 0 amide bonds. The maximum Gasteiger partial charge on any atom is 0.191 e. The second kappa shape index (κ2) is 8.19. The first-order valence-electron chi connectivity index (χ1n) is 9.47. The number of nitrogens with zero attached hydrogens (tertiary/aromatic N) is 1. The number of ether oxygens (including phenoxy) is 1. The summed E-state index contributed by atoms with van der Waals surface area (Å²) < 4.78 is 11.4. The van der Waals surface area contributed by atoms with Gasteiger partial charge in [0.2, 0.25) is 0 Å². The molecule has 4 rings (SSSR count). The number of carbonyl (C=O) groups is 1. The molecule has 0 saturated carbocycles. The minimum atomic E-state index is -0.0899. The average molecular weight is 386 g/mol. The Hall–Kier alpha value is -3.60. The molecule has 0 aliphatic rings. The lowest BCUT2D eigenvalue weighted by Crippen LogP contribution is -2.15. The number of aromatic nitrogens is 1.